The third kappa shape index (κ3) is 3.28. The van der Waals surface area contributed by atoms with Crippen LogP contribution < -0.4 is 5.32 Å². The zero-order valence-electron chi connectivity index (χ0n) is 10.0. The molecule has 1 aromatic rings. The molecule has 2 atom stereocenters. The summed E-state index contributed by atoms with van der Waals surface area (Å²) in [6.45, 7) is 0. The Morgan fingerprint density at radius 1 is 1.44 bits per heavy atom. The molecule has 1 N–H and O–H groups in total. The monoisotopic (exact) mass is 314 g/mol. The van der Waals surface area contributed by atoms with Crippen molar-refractivity contribution in [1.29, 1.82) is 0 Å². The molecule has 18 heavy (non-hydrogen) atoms. The number of halogens is 2. The number of nitrogens with zero attached hydrogens (tertiary/aromatic N) is 1. The number of hydrogen-bond acceptors (Lipinski definition) is 2. The van der Waals surface area contributed by atoms with E-state index in [4.69, 9.17) is 0 Å². The van der Waals surface area contributed by atoms with E-state index >= 15 is 0 Å². The van der Waals surface area contributed by atoms with Crippen LogP contribution in [0.4, 0.5) is 4.39 Å². The van der Waals surface area contributed by atoms with Crippen molar-refractivity contribution in [3.8, 4) is 0 Å². The quantitative estimate of drug-likeness (QED) is 0.872. The SMILES string of the molecule is O=C(NC1CCCCC1CBr)c1cncc(F)c1. The number of rotatable bonds is 3. The molecule has 0 aromatic carbocycles. The summed E-state index contributed by atoms with van der Waals surface area (Å²) in [7, 11) is 0. The number of amides is 1. The van der Waals surface area contributed by atoms with Crippen molar-refractivity contribution in [2.75, 3.05) is 5.33 Å². The second-order valence-corrected chi connectivity index (χ2v) is 5.32. The molecule has 1 saturated carbocycles. The molecular weight excluding hydrogens is 299 g/mol. The van der Waals surface area contributed by atoms with Crippen LogP contribution in [-0.2, 0) is 0 Å². The highest BCUT2D eigenvalue weighted by molar-refractivity contribution is 9.09. The average molecular weight is 315 g/mol. The van der Waals surface area contributed by atoms with E-state index in [0.717, 1.165) is 30.8 Å². The van der Waals surface area contributed by atoms with E-state index < -0.39 is 5.82 Å². The predicted molar refractivity (Wildman–Crippen MR) is 71.2 cm³/mol. The number of alkyl halides is 1. The van der Waals surface area contributed by atoms with Crippen molar-refractivity contribution < 1.29 is 9.18 Å². The molecule has 2 rings (SSSR count). The summed E-state index contributed by atoms with van der Waals surface area (Å²) in [6, 6.07) is 1.39. The van der Waals surface area contributed by atoms with Crippen LogP contribution in [-0.4, -0.2) is 22.3 Å². The number of carbonyl (C=O) groups is 1. The number of nitrogens with one attached hydrogen (secondary N) is 1. The number of pyridine rings is 1. The van der Waals surface area contributed by atoms with Crippen LogP contribution in [0, 0.1) is 11.7 Å². The molecule has 1 aliphatic rings. The highest BCUT2D eigenvalue weighted by Gasteiger charge is 2.25. The van der Waals surface area contributed by atoms with E-state index in [2.05, 4.69) is 26.2 Å². The highest BCUT2D eigenvalue weighted by atomic mass is 79.9. The maximum Gasteiger partial charge on any atom is 0.253 e. The van der Waals surface area contributed by atoms with Crippen LogP contribution in [0.3, 0.4) is 0 Å². The van der Waals surface area contributed by atoms with Gasteiger partial charge in [-0.2, -0.15) is 0 Å². The average Bonchev–Trinajstić information content (AvgIpc) is 2.39. The number of carbonyl (C=O) groups excluding carboxylic acids is 1. The Labute approximate surface area is 114 Å². The molecule has 0 saturated heterocycles. The molecule has 1 fully saturated rings. The van der Waals surface area contributed by atoms with E-state index in [9.17, 15) is 9.18 Å². The van der Waals surface area contributed by atoms with Crippen molar-refractivity contribution in [2.45, 2.75) is 31.7 Å². The molecule has 2 unspecified atom stereocenters. The van der Waals surface area contributed by atoms with Gasteiger partial charge in [-0.25, -0.2) is 4.39 Å². The second kappa shape index (κ2) is 6.27. The third-order valence-corrected chi connectivity index (χ3v) is 4.22. The lowest BCUT2D eigenvalue weighted by molar-refractivity contribution is 0.0911. The van der Waals surface area contributed by atoms with Crippen LogP contribution in [0.1, 0.15) is 36.0 Å². The molecule has 1 amide bonds. The molecular formula is C13H16BrFN2O. The van der Waals surface area contributed by atoms with E-state index in [1.54, 1.807) is 0 Å². The largest absolute Gasteiger partial charge is 0.349 e. The van der Waals surface area contributed by atoms with E-state index in [1.807, 2.05) is 0 Å². The normalized spacial score (nSPS) is 23.7. The van der Waals surface area contributed by atoms with Gasteiger partial charge in [0.15, 0.2) is 0 Å². The minimum Gasteiger partial charge on any atom is -0.349 e. The van der Waals surface area contributed by atoms with E-state index in [-0.39, 0.29) is 17.5 Å². The fourth-order valence-corrected chi connectivity index (χ4v) is 3.15. The lowest BCUT2D eigenvalue weighted by Gasteiger charge is -2.30. The summed E-state index contributed by atoms with van der Waals surface area (Å²) < 4.78 is 13.0. The zero-order valence-corrected chi connectivity index (χ0v) is 11.6. The van der Waals surface area contributed by atoms with Gasteiger partial charge in [0, 0.05) is 17.6 Å². The highest BCUT2D eigenvalue weighted by Crippen LogP contribution is 2.26. The molecule has 3 nitrogen and oxygen atoms in total. The number of aromatic nitrogens is 1. The third-order valence-electron chi connectivity index (χ3n) is 3.39. The summed E-state index contributed by atoms with van der Waals surface area (Å²) in [6.07, 6.45) is 6.95. The fraction of sp³-hybridized carbons (Fsp3) is 0.538. The van der Waals surface area contributed by atoms with Crippen molar-refractivity contribution in [1.82, 2.24) is 10.3 Å². The van der Waals surface area contributed by atoms with Gasteiger partial charge in [0.05, 0.1) is 11.8 Å². The van der Waals surface area contributed by atoms with Gasteiger partial charge in [-0.05, 0) is 24.8 Å². The maximum atomic E-state index is 13.0. The molecule has 0 spiro atoms. The lowest BCUT2D eigenvalue weighted by Crippen LogP contribution is -2.42. The van der Waals surface area contributed by atoms with Crippen molar-refractivity contribution >= 4 is 21.8 Å². The Morgan fingerprint density at radius 3 is 2.94 bits per heavy atom. The van der Waals surface area contributed by atoms with Gasteiger partial charge in [-0.3, -0.25) is 9.78 Å². The van der Waals surface area contributed by atoms with Crippen LogP contribution in [0.2, 0.25) is 0 Å². The molecule has 5 heteroatoms. The molecule has 1 aromatic heterocycles. The van der Waals surface area contributed by atoms with Gasteiger partial charge in [0.25, 0.3) is 5.91 Å². The van der Waals surface area contributed by atoms with Crippen molar-refractivity contribution in [3.05, 3.63) is 29.8 Å². The van der Waals surface area contributed by atoms with Crippen LogP contribution in [0.5, 0.6) is 0 Å². The fourth-order valence-electron chi connectivity index (χ4n) is 2.37. The van der Waals surface area contributed by atoms with Crippen LogP contribution >= 0.6 is 15.9 Å². The van der Waals surface area contributed by atoms with Crippen molar-refractivity contribution in [2.24, 2.45) is 5.92 Å². The summed E-state index contributed by atoms with van der Waals surface area (Å²) >= 11 is 3.49. The Hall–Kier alpha value is -0.970. The molecule has 0 bridgehead atoms. The Morgan fingerprint density at radius 2 is 2.22 bits per heavy atom. The van der Waals surface area contributed by atoms with Crippen molar-refractivity contribution in [3.63, 3.8) is 0 Å². The van der Waals surface area contributed by atoms with Gasteiger partial charge in [-0.15, -0.1) is 0 Å². The maximum absolute atomic E-state index is 13.0. The summed E-state index contributed by atoms with van der Waals surface area (Å²) in [4.78, 5) is 15.7. The Balaban J connectivity index is 2.02. The minimum absolute atomic E-state index is 0.175. The molecule has 1 heterocycles. The number of hydrogen-bond donors (Lipinski definition) is 1. The summed E-state index contributed by atoms with van der Waals surface area (Å²) in [5.41, 5.74) is 0.286. The molecule has 0 radical (unpaired) electrons. The second-order valence-electron chi connectivity index (χ2n) is 4.67. The molecule has 0 aliphatic heterocycles. The minimum atomic E-state index is -0.483. The van der Waals surface area contributed by atoms with E-state index in [1.165, 1.54) is 18.7 Å². The first kappa shape index (κ1) is 13.5. The van der Waals surface area contributed by atoms with Crippen LogP contribution in [0.25, 0.3) is 0 Å². The van der Waals surface area contributed by atoms with Crippen LogP contribution in [0.15, 0.2) is 18.5 Å². The van der Waals surface area contributed by atoms with Gasteiger partial charge < -0.3 is 5.32 Å². The van der Waals surface area contributed by atoms with Gasteiger partial charge in [-0.1, -0.05) is 28.8 Å². The predicted octanol–water partition coefficient (Wildman–Crippen LogP) is 2.90. The topological polar surface area (TPSA) is 42.0 Å². The van der Waals surface area contributed by atoms with Gasteiger partial charge in [0.1, 0.15) is 5.82 Å². The Bertz CT molecular complexity index is 427. The zero-order chi connectivity index (χ0) is 13.0. The summed E-state index contributed by atoms with van der Waals surface area (Å²) in [5, 5.41) is 3.88. The Kier molecular flexibility index (Phi) is 4.69. The smallest absolute Gasteiger partial charge is 0.253 e. The lowest BCUT2D eigenvalue weighted by atomic mass is 9.86. The first-order valence-electron chi connectivity index (χ1n) is 6.18. The first-order valence-corrected chi connectivity index (χ1v) is 7.30. The molecule has 1 aliphatic carbocycles. The first-order chi connectivity index (χ1) is 8.70. The standard InChI is InChI=1S/C13H16BrFN2O/c14-6-9-3-1-2-4-12(9)17-13(18)10-5-11(15)8-16-7-10/h5,7-9,12H,1-4,6H2,(H,17,18). The summed E-state index contributed by atoms with van der Waals surface area (Å²) in [5.74, 6) is -0.257. The van der Waals surface area contributed by atoms with E-state index in [0.29, 0.717) is 5.92 Å². The molecule has 98 valence electrons. The van der Waals surface area contributed by atoms with Gasteiger partial charge >= 0.3 is 0 Å². The van der Waals surface area contributed by atoms with Gasteiger partial charge in [0.2, 0.25) is 0 Å².